The number of phenols is 1. The van der Waals surface area contributed by atoms with Gasteiger partial charge in [0, 0.05) is 8.41 Å². The molecule has 0 saturated carbocycles. The number of hydrogen-bond acceptors (Lipinski definition) is 2. The molecule has 1 aromatic rings. The van der Waals surface area contributed by atoms with Crippen molar-refractivity contribution in [2.45, 2.75) is 0 Å². The Morgan fingerprint density at radius 2 is 1.50 bits per heavy atom. The SMILES string of the molecule is C=O.Oc1ccccc1.[B]. The molecule has 10 heavy (non-hydrogen) atoms. The molecule has 3 radical (unpaired) electrons. The van der Waals surface area contributed by atoms with E-state index in [9.17, 15) is 0 Å². The van der Waals surface area contributed by atoms with Crippen LogP contribution in [0.15, 0.2) is 30.3 Å². The second kappa shape index (κ2) is 7.75. The summed E-state index contributed by atoms with van der Waals surface area (Å²) >= 11 is 0. The summed E-state index contributed by atoms with van der Waals surface area (Å²) in [5.74, 6) is 0.322. The lowest BCUT2D eigenvalue weighted by molar-refractivity contribution is -0.0979. The van der Waals surface area contributed by atoms with Gasteiger partial charge in [0.25, 0.3) is 0 Å². The Hall–Kier alpha value is -1.25. The van der Waals surface area contributed by atoms with Gasteiger partial charge in [-0.3, -0.25) is 0 Å². The maximum Gasteiger partial charge on any atom is 0.115 e. The molecule has 51 valence electrons. The first-order chi connectivity index (χ1) is 4.39. The molecule has 0 heterocycles. The number of carbonyl (C=O) groups excluding carboxylic acids is 1. The zero-order chi connectivity index (χ0) is 7.11. The van der Waals surface area contributed by atoms with Gasteiger partial charge in [-0.1, -0.05) is 18.2 Å². The third kappa shape index (κ3) is 4.90. The van der Waals surface area contributed by atoms with Gasteiger partial charge >= 0.3 is 0 Å². The second-order valence-corrected chi connectivity index (χ2v) is 1.34. The Bertz CT molecular complexity index is 153. The van der Waals surface area contributed by atoms with Crippen molar-refractivity contribution >= 4 is 15.2 Å². The van der Waals surface area contributed by atoms with Gasteiger partial charge in [0.2, 0.25) is 0 Å². The highest BCUT2D eigenvalue weighted by atomic mass is 16.3. The number of para-hydroxylation sites is 1. The zero-order valence-electron chi connectivity index (χ0n) is 5.53. The maximum atomic E-state index is 8.63. The molecule has 1 N–H and O–H groups in total. The van der Waals surface area contributed by atoms with E-state index < -0.39 is 0 Å². The molecule has 0 fully saturated rings. The minimum absolute atomic E-state index is 0. The lowest BCUT2D eigenvalue weighted by Gasteiger charge is -1.82. The van der Waals surface area contributed by atoms with Gasteiger partial charge in [-0.05, 0) is 12.1 Å². The fourth-order valence-electron chi connectivity index (χ4n) is 0.428. The lowest BCUT2D eigenvalue weighted by Crippen LogP contribution is -1.56. The Morgan fingerprint density at radius 3 is 1.70 bits per heavy atom. The van der Waals surface area contributed by atoms with E-state index in [4.69, 9.17) is 9.90 Å². The van der Waals surface area contributed by atoms with Crippen molar-refractivity contribution in [3.63, 3.8) is 0 Å². The zero-order valence-corrected chi connectivity index (χ0v) is 5.53. The molecule has 2 nitrogen and oxygen atoms in total. The summed E-state index contributed by atoms with van der Waals surface area (Å²) in [6, 6.07) is 8.71. The molecule has 3 heteroatoms. The lowest BCUT2D eigenvalue weighted by atomic mass is 10.3. The summed E-state index contributed by atoms with van der Waals surface area (Å²) in [6.07, 6.45) is 0. The maximum absolute atomic E-state index is 8.63. The number of hydrogen-bond donors (Lipinski definition) is 1. The Kier molecular flexibility index (Phi) is 8.95. The smallest absolute Gasteiger partial charge is 0.115 e. The number of phenolic OH excluding ortho intramolecular Hbond substituents is 1. The van der Waals surface area contributed by atoms with Crippen molar-refractivity contribution in [1.29, 1.82) is 0 Å². The molecule has 0 saturated heterocycles. The monoisotopic (exact) mass is 135 g/mol. The van der Waals surface area contributed by atoms with Crippen LogP contribution in [0.5, 0.6) is 5.75 Å². The number of aromatic hydroxyl groups is 1. The van der Waals surface area contributed by atoms with Crippen molar-refractivity contribution in [3.8, 4) is 5.75 Å². The number of carbonyl (C=O) groups is 1. The van der Waals surface area contributed by atoms with Gasteiger partial charge in [-0.15, -0.1) is 0 Å². The van der Waals surface area contributed by atoms with E-state index in [0.717, 1.165) is 0 Å². The van der Waals surface area contributed by atoms with Crippen LogP contribution in [0.4, 0.5) is 0 Å². The van der Waals surface area contributed by atoms with E-state index in [2.05, 4.69) is 0 Å². The van der Waals surface area contributed by atoms with Crippen molar-refractivity contribution in [2.75, 3.05) is 0 Å². The fraction of sp³-hybridized carbons (Fsp3) is 0. The van der Waals surface area contributed by atoms with Gasteiger partial charge in [0.15, 0.2) is 0 Å². The van der Waals surface area contributed by atoms with Crippen LogP contribution in [-0.2, 0) is 4.79 Å². The van der Waals surface area contributed by atoms with Gasteiger partial charge in [0.1, 0.15) is 12.5 Å². The first kappa shape index (κ1) is 11.5. The molecule has 0 aliphatic carbocycles. The second-order valence-electron chi connectivity index (χ2n) is 1.34. The van der Waals surface area contributed by atoms with Crippen molar-refractivity contribution in [3.05, 3.63) is 30.3 Å². The molecule has 0 amide bonds. The first-order valence-corrected chi connectivity index (χ1v) is 2.42. The molecule has 0 aromatic heterocycles. The summed E-state index contributed by atoms with van der Waals surface area (Å²) in [5, 5.41) is 8.63. The molecule has 0 atom stereocenters. The topological polar surface area (TPSA) is 37.3 Å². The van der Waals surface area contributed by atoms with Crippen LogP contribution >= 0.6 is 0 Å². The van der Waals surface area contributed by atoms with Crippen molar-refractivity contribution in [1.82, 2.24) is 0 Å². The molecule has 1 rings (SSSR count). The third-order valence-corrected chi connectivity index (χ3v) is 0.756. The van der Waals surface area contributed by atoms with E-state index in [1.165, 1.54) is 0 Å². The summed E-state index contributed by atoms with van der Waals surface area (Å²) in [7, 11) is 0. The number of benzene rings is 1. The summed E-state index contributed by atoms with van der Waals surface area (Å²) in [6.45, 7) is 2.00. The molecular formula is C7H8BO2. The van der Waals surface area contributed by atoms with Crippen molar-refractivity contribution in [2.24, 2.45) is 0 Å². The third-order valence-electron chi connectivity index (χ3n) is 0.756. The van der Waals surface area contributed by atoms with Gasteiger partial charge in [0.05, 0.1) is 0 Å². The van der Waals surface area contributed by atoms with Crippen LogP contribution in [0.3, 0.4) is 0 Å². The molecule has 1 aromatic carbocycles. The van der Waals surface area contributed by atoms with E-state index in [1.807, 2.05) is 12.9 Å². The normalized spacial score (nSPS) is 6.40. The predicted octanol–water partition coefficient (Wildman–Crippen LogP) is 0.827. The van der Waals surface area contributed by atoms with Gasteiger partial charge < -0.3 is 9.90 Å². The molecular weight excluding hydrogens is 127 g/mol. The average molecular weight is 135 g/mol. The molecule has 0 unspecified atom stereocenters. The quantitative estimate of drug-likeness (QED) is 0.534. The summed E-state index contributed by atoms with van der Waals surface area (Å²) in [5.41, 5.74) is 0. The first-order valence-electron chi connectivity index (χ1n) is 2.42. The van der Waals surface area contributed by atoms with Crippen LogP contribution in [0, 0.1) is 0 Å². The molecule has 0 spiro atoms. The highest BCUT2D eigenvalue weighted by Crippen LogP contribution is 2.02. The summed E-state index contributed by atoms with van der Waals surface area (Å²) < 4.78 is 0. The van der Waals surface area contributed by atoms with Crippen LogP contribution in [-0.4, -0.2) is 20.3 Å². The van der Waals surface area contributed by atoms with Crippen LogP contribution in [0.1, 0.15) is 0 Å². The highest BCUT2D eigenvalue weighted by Gasteiger charge is 1.74. The van der Waals surface area contributed by atoms with E-state index >= 15 is 0 Å². The van der Waals surface area contributed by atoms with Gasteiger partial charge in [-0.2, -0.15) is 0 Å². The standard InChI is InChI=1S/C6H6O.CH2O.B/c7-6-4-2-1-3-5-6;1-2;/h1-5,7H;1H2;. The predicted molar refractivity (Wildman–Crippen MR) is 41.0 cm³/mol. The van der Waals surface area contributed by atoms with Crippen LogP contribution < -0.4 is 0 Å². The van der Waals surface area contributed by atoms with Crippen LogP contribution in [0.25, 0.3) is 0 Å². The van der Waals surface area contributed by atoms with Crippen LogP contribution in [0.2, 0.25) is 0 Å². The average Bonchev–Trinajstić information content (AvgIpc) is 1.94. The summed E-state index contributed by atoms with van der Waals surface area (Å²) in [4.78, 5) is 8.00. The van der Waals surface area contributed by atoms with E-state index in [1.54, 1.807) is 24.3 Å². The van der Waals surface area contributed by atoms with Crippen molar-refractivity contribution < 1.29 is 9.90 Å². The molecule has 0 bridgehead atoms. The minimum Gasteiger partial charge on any atom is -0.508 e. The number of rotatable bonds is 0. The highest BCUT2D eigenvalue weighted by molar-refractivity contribution is 5.75. The Morgan fingerprint density at radius 1 is 1.10 bits per heavy atom. The van der Waals surface area contributed by atoms with Gasteiger partial charge in [-0.25, -0.2) is 0 Å². The Labute approximate surface area is 62.1 Å². The van der Waals surface area contributed by atoms with E-state index in [-0.39, 0.29) is 8.41 Å². The fourth-order valence-corrected chi connectivity index (χ4v) is 0.428. The largest absolute Gasteiger partial charge is 0.508 e. The Balaban J connectivity index is 0. The molecule has 0 aliphatic rings. The van der Waals surface area contributed by atoms with E-state index in [0.29, 0.717) is 5.75 Å². The minimum atomic E-state index is 0. The molecule has 0 aliphatic heterocycles.